The van der Waals surface area contributed by atoms with Gasteiger partial charge in [-0.05, 0) is 33.3 Å². The van der Waals surface area contributed by atoms with Gasteiger partial charge in [0, 0.05) is 17.7 Å². The molecule has 0 N–H and O–H groups in total. The first-order valence-electron chi connectivity index (χ1n) is 7.17. The Bertz CT molecular complexity index is 343. The topological polar surface area (TPSA) is 12.5 Å². The van der Waals surface area contributed by atoms with Crippen LogP contribution in [0.1, 0.15) is 47.1 Å². The molecule has 1 aromatic carbocycles. The second kappa shape index (κ2) is 7.99. The van der Waals surface area contributed by atoms with Crippen LogP contribution in [0.3, 0.4) is 0 Å². The highest BCUT2D eigenvalue weighted by molar-refractivity contribution is 7.50. The third-order valence-electron chi connectivity index (χ3n) is 2.93. The summed E-state index contributed by atoms with van der Waals surface area (Å²) in [6.07, 6.45) is 0. The fourth-order valence-corrected chi connectivity index (χ4v) is 4.41. The molecule has 2 nitrogen and oxygen atoms in total. The summed E-state index contributed by atoms with van der Waals surface area (Å²) < 4.78 is 8.78. The van der Waals surface area contributed by atoms with E-state index in [1.807, 2.05) is 6.07 Å². The van der Waals surface area contributed by atoms with E-state index in [-0.39, 0.29) is 0 Å². The zero-order valence-corrected chi connectivity index (χ0v) is 14.0. The summed E-state index contributed by atoms with van der Waals surface area (Å²) in [5.41, 5.74) is 1.80. The van der Waals surface area contributed by atoms with Crippen LogP contribution in [0.4, 0.5) is 0 Å². The van der Waals surface area contributed by atoms with Crippen molar-refractivity contribution in [3.05, 3.63) is 35.9 Å². The lowest BCUT2D eigenvalue weighted by Gasteiger charge is -2.39. The Morgan fingerprint density at radius 2 is 1.47 bits per heavy atom. The highest BCUT2D eigenvalue weighted by Crippen LogP contribution is 2.49. The molecule has 0 heterocycles. The normalized spacial score (nSPS) is 13.8. The minimum Gasteiger partial charge on any atom is -0.339 e. The minimum absolute atomic E-state index is 0.518. The Morgan fingerprint density at radius 3 is 1.89 bits per heavy atom. The highest BCUT2D eigenvalue weighted by atomic mass is 31.2. The number of rotatable bonds is 7. The number of hydrogen-bond donors (Lipinski definition) is 0. The fourth-order valence-electron chi connectivity index (χ4n) is 2.25. The van der Waals surface area contributed by atoms with E-state index in [0.29, 0.717) is 24.3 Å². The van der Waals surface area contributed by atoms with Crippen molar-refractivity contribution < 1.29 is 4.52 Å². The van der Waals surface area contributed by atoms with Crippen molar-refractivity contribution in [3.8, 4) is 0 Å². The first-order valence-corrected chi connectivity index (χ1v) is 8.46. The highest BCUT2D eigenvalue weighted by Gasteiger charge is 2.27. The van der Waals surface area contributed by atoms with Gasteiger partial charge in [-0.15, -0.1) is 0 Å². The average molecular weight is 281 g/mol. The lowest BCUT2D eigenvalue weighted by atomic mass is 10.2. The molecule has 0 saturated carbocycles. The van der Waals surface area contributed by atoms with Crippen LogP contribution < -0.4 is 0 Å². The van der Waals surface area contributed by atoms with Crippen molar-refractivity contribution in [3.63, 3.8) is 0 Å². The van der Waals surface area contributed by atoms with Crippen molar-refractivity contribution in [2.75, 3.05) is 0 Å². The SMILES string of the molecule is CC(C)N(C(C)C)P(OCc1ccccc1)C(C)C. The van der Waals surface area contributed by atoms with E-state index >= 15 is 0 Å². The quantitative estimate of drug-likeness (QED) is 0.649. The van der Waals surface area contributed by atoms with Gasteiger partial charge < -0.3 is 4.52 Å². The molecule has 0 aliphatic rings. The second-order valence-corrected chi connectivity index (χ2v) is 8.08. The Hall–Kier alpha value is -0.430. The zero-order chi connectivity index (χ0) is 14.4. The maximum absolute atomic E-state index is 6.27. The third kappa shape index (κ3) is 5.22. The summed E-state index contributed by atoms with van der Waals surface area (Å²) in [5, 5.41) is 0. The molecule has 19 heavy (non-hydrogen) atoms. The summed E-state index contributed by atoms with van der Waals surface area (Å²) in [6.45, 7) is 14.2. The van der Waals surface area contributed by atoms with Crippen molar-refractivity contribution in [1.82, 2.24) is 4.67 Å². The van der Waals surface area contributed by atoms with Crippen LogP contribution in [0.25, 0.3) is 0 Å². The van der Waals surface area contributed by atoms with Crippen LogP contribution in [0.5, 0.6) is 0 Å². The molecule has 0 aliphatic heterocycles. The number of hydrogen-bond acceptors (Lipinski definition) is 2. The first kappa shape index (κ1) is 16.6. The average Bonchev–Trinajstić information content (AvgIpc) is 2.34. The van der Waals surface area contributed by atoms with Crippen molar-refractivity contribution in [1.29, 1.82) is 0 Å². The Labute approximate surface area is 120 Å². The van der Waals surface area contributed by atoms with Crippen molar-refractivity contribution >= 4 is 8.30 Å². The molecule has 0 bridgehead atoms. The van der Waals surface area contributed by atoms with Crippen LogP contribution in [0, 0.1) is 0 Å². The molecule has 0 radical (unpaired) electrons. The predicted octanol–water partition coefficient (Wildman–Crippen LogP) is 5.04. The van der Waals surface area contributed by atoms with Gasteiger partial charge in [0.05, 0.1) is 6.61 Å². The van der Waals surface area contributed by atoms with Gasteiger partial charge in [0.25, 0.3) is 0 Å². The monoisotopic (exact) mass is 281 g/mol. The molecule has 0 aromatic heterocycles. The predicted molar refractivity (Wildman–Crippen MR) is 85.4 cm³/mol. The Morgan fingerprint density at radius 1 is 0.947 bits per heavy atom. The Balaban J connectivity index is 2.72. The van der Waals surface area contributed by atoms with Gasteiger partial charge >= 0.3 is 0 Å². The molecule has 0 saturated heterocycles. The van der Waals surface area contributed by atoms with E-state index in [1.54, 1.807) is 0 Å². The van der Waals surface area contributed by atoms with Gasteiger partial charge in [-0.25, -0.2) is 0 Å². The second-order valence-electron chi connectivity index (χ2n) is 5.72. The van der Waals surface area contributed by atoms with Crippen LogP contribution in [-0.2, 0) is 11.1 Å². The Kier molecular flexibility index (Phi) is 6.99. The van der Waals surface area contributed by atoms with Crippen LogP contribution in [0.15, 0.2) is 30.3 Å². The zero-order valence-electron chi connectivity index (χ0n) is 13.1. The van der Waals surface area contributed by atoms with Crippen LogP contribution in [0.2, 0.25) is 0 Å². The van der Waals surface area contributed by atoms with Gasteiger partial charge in [0.2, 0.25) is 0 Å². The summed E-state index contributed by atoms with van der Waals surface area (Å²) in [7, 11) is -0.552. The van der Waals surface area contributed by atoms with E-state index < -0.39 is 8.30 Å². The molecule has 108 valence electrons. The standard InChI is InChI=1S/C16H28NOP/c1-13(2)17(14(3)4)19(15(5)6)18-12-16-10-8-7-9-11-16/h7-11,13-15H,12H2,1-6H3. The summed E-state index contributed by atoms with van der Waals surface area (Å²) in [5.74, 6) is 0. The van der Waals surface area contributed by atoms with E-state index in [1.165, 1.54) is 5.56 Å². The van der Waals surface area contributed by atoms with Gasteiger partial charge in [0.15, 0.2) is 0 Å². The fraction of sp³-hybridized carbons (Fsp3) is 0.625. The molecule has 0 fully saturated rings. The molecular formula is C16H28NOP. The van der Waals surface area contributed by atoms with Gasteiger partial charge in [-0.3, -0.25) is 4.67 Å². The van der Waals surface area contributed by atoms with E-state index in [4.69, 9.17) is 4.52 Å². The molecule has 0 spiro atoms. The summed E-state index contributed by atoms with van der Waals surface area (Å²) in [4.78, 5) is 0. The van der Waals surface area contributed by atoms with Gasteiger partial charge in [-0.2, -0.15) is 0 Å². The molecule has 1 aromatic rings. The van der Waals surface area contributed by atoms with Crippen molar-refractivity contribution in [2.24, 2.45) is 0 Å². The van der Waals surface area contributed by atoms with E-state index in [9.17, 15) is 0 Å². The first-order chi connectivity index (χ1) is 8.93. The van der Waals surface area contributed by atoms with E-state index in [2.05, 4.69) is 70.5 Å². The maximum Gasteiger partial charge on any atom is 0.107 e. The lowest BCUT2D eigenvalue weighted by molar-refractivity contribution is 0.244. The number of benzene rings is 1. The molecule has 0 amide bonds. The lowest BCUT2D eigenvalue weighted by Crippen LogP contribution is -2.35. The minimum atomic E-state index is -0.552. The molecule has 0 aliphatic carbocycles. The number of nitrogens with zero attached hydrogens (tertiary/aromatic N) is 1. The summed E-state index contributed by atoms with van der Waals surface area (Å²) in [6, 6.07) is 11.5. The van der Waals surface area contributed by atoms with Crippen molar-refractivity contribution in [2.45, 2.75) is 65.9 Å². The molecule has 3 heteroatoms. The maximum atomic E-state index is 6.27. The summed E-state index contributed by atoms with van der Waals surface area (Å²) >= 11 is 0. The molecule has 1 atom stereocenters. The van der Waals surface area contributed by atoms with Gasteiger partial charge in [-0.1, -0.05) is 44.2 Å². The molecule has 1 unspecified atom stereocenters. The van der Waals surface area contributed by atoms with Crippen LogP contribution in [-0.4, -0.2) is 22.4 Å². The molecular weight excluding hydrogens is 253 g/mol. The molecule has 1 rings (SSSR count). The van der Waals surface area contributed by atoms with E-state index in [0.717, 1.165) is 0 Å². The van der Waals surface area contributed by atoms with Gasteiger partial charge in [0.1, 0.15) is 8.30 Å². The third-order valence-corrected chi connectivity index (χ3v) is 5.59. The largest absolute Gasteiger partial charge is 0.339 e. The smallest absolute Gasteiger partial charge is 0.107 e. The van der Waals surface area contributed by atoms with Crippen LogP contribution >= 0.6 is 8.30 Å².